The van der Waals surface area contributed by atoms with Crippen molar-refractivity contribution in [2.45, 2.75) is 82.5 Å². The van der Waals surface area contributed by atoms with Crippen LogP contribution >= 0.6 is 22.9 Å². The fraction of sp³-hybridized carbons (Fsp3) is 0.542. The van der Waals surface area contributed by atoms with Gasteiger partial charge >= 0.3 is 6.03 Å². The van der Waals surface area contributed by atoms with Crippen LogP contribution < -0.4 is 20.7 Å². The predicted octanol–water partition coefficient (Wildman–Crippen LogP) is 5.05. The second-order valence-corrected chi connectivity index (χ2v) is 10.2. The van der Waals surface area contributed by atoms with Gasteiger partial charge in [-0.3, -0.25) is 4.79 Å². The molecule has 1 aromatic heterocycles. The maximum absolute atomic E-state index is 12.8. The molecule has 0 aliphatic heterocycles. The van der Waals surface area contributed by atoms with Gasteiger partial charge in [-0.2, -0.15) is 0 Å². The smallest absolute Gasteiger partial charge is 0.315 e. The lowest BCUT2D eigenvalue weighted by atomic mass is 9.90. The first kappa shape index (κ1) is 23.8. The van der Waals surface area contributed by atoms with E-state index < -0.39 is 0 Å². The van der Waals surface area contributed by atoms with Crippen molar-refractivity contribution in [3.05, 3.63) is 45.4 Å². The molecule has 0 unspecified atom stereocenters. The van der Waals surface area contributed by atoms with Crippen LogP contribution in [0.25, 0.3) is 0 Å². The summed E-state index contributed by atoms with van der Waals surface area (Å²) >= 11 is 7.28. The van der Waals surface area contributed by atoms with E-state index in [2.05, 4.69) is 20.9 Å². The van der Waals surface area contributed by atoms with Gasteiger partial charge in [-0.1, -0.05) is 43.7 Å². The molecular weight excluding hydrogens is 460 g/mol. The highest BCUT2D eigenvalue weighted by atomic mass is 35.5. The minimum atomic E-state index is -0.213. The topological polar surface area (TPSA) is 92.4 Å². The summed E-state index contributed by atoms with van der Waals surface area (Å²) in [5.41, 5.74) is 0.380. The fourth-order valence-electron chi connectivity index (χ4n) is 4.52. The summed E-state index contributed by atoms with van der Waals surface area (Å²) in [5, 5.41) is 12.4. The number of hydrogen-bond donors (Lipinski definition) is 3. The number of nitrogens with zero attached hydrogens (tertiary/aromatic N) is 1. The van der Waals surface area contributed by atoms with Crippen LogP contribution in [0.5, 0.6) is 5.75 Å². The van der Waals surface area contributed by atoms with Crippen molar-refractivity contribution < 1.29 is 14.3 Å². The molecule has 33 heavy (non-hydrogen) atoms. The summed E-state index contributed by atoms with van der Waals surface area (Å²) in [7, 11) is 0. The molecule has 0 bridgehead atoms. The summed E-state index contributed by atoms with van der Waals surface area (Å²) in [6.45, 7) is 0.286. The fourth-order valence-corrected chi connectivity index (χ4v) is 5.33. The molecule has 3 N–H and O–H groups in total. The number of carbonyl (C=O) groups excluding carboxylic acids is 2. The first-order valence-electron chi connectivity index (χ1n) is 11.8. The quantitative estimate of drug-likeness (QED) is 0.506. The molecular formula is C24H31ClN4O3S. The number of halogens is 1. The first-order chi connectivity index (χ1) is 16.1. The van der Waals surface area contributed by atoms with E-state index in [0.29, 0.717) is 16.5 Å². The van der Waals surface area contributed by atoms with E-state index in [-0.39, 0.29) is 36.7 Å². The summed E-state index contributed by atoms with van der Waals surface area (Å²) in [6, 6.07) is 7.09. The third-order valence-electron chi connectivity index (χ3n) is 6.30. The average molecular weight is 491 g/mol. The molecule has 178 valence electrons. The molecule has 0 radical (unpaired) electrons. The van der Waals surface area contributed by atoms with Gasteiger partial charge in [0.15, 0.2) is 0 Å². The maximum Gasteiger partial charge on any atom is 0.315 e. The van der Waals surface area contributed by atoms with E-state index in [9.17, 15) is 9.59 Å². The Kier molecular flexibility index (Phi) is 8.45. The van der Waals surface area contributed by atoms with Crippen LogP contribution in [-0.4, -0.2) is 35.0 Å². The molecule has 1 heterocycles. The Hall–Kier alpha value is -2.32. The number of benzene rings is 1. The van der Waals surface area contributed by atoms with Crippen molar-refractivity contribution in [2.24, 2.45) is 0 Å². The Morgan fingerprint density at radius 3 is 2.33 bits per heavy atom. The minimum absolute atomic E-state index is 0.0716. The normalized spacial score (nSPS) is 21.2. The highest BCUT2D eigenvalue weighted by molar-refractivity contribution is 7.09. The van der Waals surface area contributed by atoms with Gasteiger partial charge in [-0.15, -0.1) is 11.3 Å². The molecule has 0 spiro atoms. The van der Waals surface area contributed by atoms with Crippen LogP contribution in [0.15, 0.2) is 29.6 Å². The lowest BCUT2D eigenvalue weighted by Gasteiger charge is -2.33. The molecule has 2 aliphatic carbocycles. The maximum atomic E-state index is 12.8. The number of aromatic nitrogens is 1. The van der Waals surface area contributed by atoms with Crippen molar-refractivity contribution in [3.63, 3.8) is 0 Å². The summed E-state index contributed by atoms with van der Waals surface area (Å²) in [4.78, 5) is 29.8. The Morgan fingerprint density at radius 2 is 1.61 bits per heavy atom. The molecule has 2 saturated carbocycles. The second kappa shape index (κ2) is 11.7. The number of amides is 3. The van der Waals surface area contributed by atoms with Gasteiger partial charge in [-0.05, 0) is 49.9 Å². The van der Waals surface area contributed by atoms with Crippen molar-refractivity contribution in [2.75, 3.05) is 0 Å². The molecule has 2 aromatic rings. The molecule has 2 fully saturated rings. The minimum Gasteiger partial charge on any atom is -0.486 e. The van der Waals surface area contributed by atoms with Gasteiger partial charge < -0.3 is 20.7 Å². The molecule has 1 aromatic carbocycles. The standard InChI is InChI=1S/C24H31ClN4O3S/c25-16-10-12-18(13-11-16)32-14-22-27-21(15-33-22)23(30)28-19-8-4-5-9-20(19)29-24(31)26-17-6-2-1-3-7-17/h10-13,15,17,19-20H,1-9,14H2,(H,28,30)(H2,26,29,31)/t19-,20-/m0/s1. The van der Waals surface area contributed by atoms with Crippen LogP contribution in [0.3, 0.4) is 0 Å². The van der Waals surface area contributed by atoms with E-state index in [4.69, 9.17) is 16.3 Å². The number of ether oxygens (including phenoxy) is 1. The van der Waals surface area contributed by atoms with E-state index >= 15 is 0 Å². The van der Waals surface area contributed by atoms with Gasteiger partial charge in [-0.25, -0.2) is 9.78 Å². The third kappa shape index (κ3) is 7.08. The Labute approximate surface area is 203 Å². The van der Waals surface area contributed by atoms with Gasteiger partial charge in [0.1, 0.15) is 23.1 Å². The number of nitrogens with one attached hydrogen (secondary N) is 3. The monoisotopic (exact) mass is 490 g/mol. The van der Waals surface area contributed by atoms with Crippen molar-refractivity contribution in [1.29, 1.82) is 0 Å². The Morgan fingerprint density at radius 1 is 0.939 bits per heavy atom. The van der Waals surface area contributed by atoms with Crippen LogP contribution in [0, 0.1) is 0 Å². The Balaban J connectivity index is 1.27. The van der Waals surface area contributed by atoms with E-state index in [0.717, 1.165) is 43.5 Å². The number of urea groups is 1. The molecule has 4 rings (SSSR count). The zero-order chi connectivity index (χ0) is 23.0. The Bertz CT molecular complexity index is 930. The number of carbonyl (C=O) groups is 2. The lowest BCUT2D eigenvalue weighted by Crippen LogP contribution is -2.56. The molecule has 3 amide bonds. The second-order valence-electron chi connectivity index (χ2n) is 8.79. The molecule has 0 saturated heterocycles. The van der Waals surface area contributed by atoms with E-state index in [1.54, 1.807) is 29.6 Å². The largest absolute Gasteiger partial charge is 0.486 e. The van der Waals surface area contributed by atoms with Gasteiger partial charge in [0.25, 0.3) is 5.91 Å². The molecule has 7 nitrogen and oxygen atoms in total. The highest BCUT2D eigenvalue weighted by Crippen LogP contribution is 2.21. The average Bonchev–Trinajstić information content (AvgIpc) is 3.30. The van der Waals surface area contributed by atoms with Gasteiger partial charge in [0, 0.05) is 22.5 Å². The third-order valence-corrected chi connectivity index (χ3v) is 7.37. The number of thiazole rings is 1. The SMILES string of the molecule is O=C(NC1CCCCC1)N[C@H]1CCCC[C@@H]1NC(=O)c1csc(COc2ccc(Cl)cc2)n1. The van der Waals surface area contributed by atoms with Crippen molar-refractivity contribution >= 4 is 34.9 Å². The zero-order valence-corrected chi connectivity index (χ0v) is 20.2. The summed E-state index contributed by atoms with van der Waals surface area (Å²) < 4.78 is 5.72. The predicted molar refractivity (Wildman–Crippen MR) is 130 cm³/mol. The first-order valence-corrected chi connectivity index (χ1v) is 13.0. The van der Waals surface area contributed by atoms with Crippen molar-refractivity contribution in [1.82, 2.24) is 20.9 Å². The number of hydrogen-bond acceptors (Lipinski definition) is 5. The summed E-state index contributed by atoms with van der Waals surface area (Å²) in [6.07, 6.45) is 9.48. The van der Waals surface area contributed by atoms with Crippen LogP contribution in [0.4, 0.5) is 4.79 Å². The van der Waals surface area contributed by atoms with Crippen LogP contribution in [0.1, 0.15) is 73.3 Å². The van der Waals surface area contributed by atoms with E-state index in [1.165, 1.54) is 30.6 Å². The molecule has 2 atom stereocenters. The van der Waals surface area contributed by atoms with Crippen LogP contribution in [0.2, 0.25) is 5.02 Å². The molecule has 2 aliphatic rings. The van der Waals surface area contributed by atoms with Crippen LogP contribution in [-0.2, 0) is 6.61 Å². The summed E-state index contributed by atoms with van der Waals surface area (Å²) in [5.74, 6) is 0.485. The lowest BCUT2D eigenvalue weighted by molar-refractivity contribution is 0.0911. The highest BCUT2D eigenvalue weighted by Gasteiger charge is 2.29. The zero-order valence-electron chi connectivity index (χ0n) is 18.6. The van der Waals surface area contributed by atoms with Gasteiger partial charge in [0.2, 0.25) is 0 Å². The van der Waals surface area contributed by atoms with Crippen molar-refractivity contribution in [3.8, 4) is 5.75 Å². The van der Waals surface area contributed by atoms with E-state index in [1.807, 2.05) is 0 Å². The van der Waals surface area contributed by atoms with Gasteiger partial charge in [0.05, 0.1) is 6.04 Å². The number of rotatable bonds is 7. The molecule has 9 heteroatoms.